The summed E-state index contributed by atoms with van der Waals surface area (Å²) in [5, 5.41) is 11.9. The van der Waals surface area contributed by atoms with Crippen LogP contribution in [0.25, 0.3) is 16.5 Å². The molecule has 1 fully saturated rings. The van der Waals surface area contributed by atoms with Crippen LogP contribution in [0.2, 0.25) is 0 Å². The number of aromatic amines is 1. The summed E-state index contributed by atoms with van der Waals surface area (Å²) in [5.41, 5.74) is 3.76. The van der Waals surface area contributed by atoms with Crippen LogP contribution in [0.15, 0.2) is 60.7 Å². The van der Waals surface area contributed by atoms with Crippen molar-refractivity contribution in [3.05, 3.63) is 77.7 Å². The minimum atomic E-state index is -0.176. The van der Waals surface area contributed by atoms with Crippen LogP contribution >= 0.6 is 0 Å². The van der Waals surface area contributed by atoms with Gasteiger partial charge in [0.1, 0.15) is 11.6 Å². The normalized spacial score (nSPS) is 16.3. The van der Waals surface area contributed by atoms with Gasteiger partial charge in [-0.25, -0.2) is 9.37 Å². The Kier molecular flexibility index (Phi) is 4.60. The molecule has 3 heterocycles. The summed E-state index contributed by atoms with van der Waals surface area (Å²) in [6.07, 6.45) is 5.26. The topological polar surface area (TPSA) is 69.7 Å². The van der Waals surface area contributed by atoms with E-state index in [1.54, 1.807) is 6.07 Å². The Balaban J connectivity index is 1.30. The Labute approximate surface area is 185 Å². The van der Waals surface area contributed by atoms with E-state index < -0.39 is 0 Å². The van der Waals surface area contributed by atoms with E-state index in [0.29, 0.717) is 24.0 Å². The summed E-state index contributed by atoms with van der Waals surface area (Å²) in [7, 11) is 0. The van der Waals surface area contributed by atoms with Crippen molar-refractivity contribution in [1.82, 2.24) is 20.2 Å². The second-order valence-electron chi connectivity index (χ2n) is 8.40. The van der Waals surface area contributed by atoms with E-state index in [2.05, 4.69) is 32.6 Å². The molecule has 2 aromatic carbocycles. The van der Waals surface area contributed by atoms with E-state index in [0.717, 1.165) is 41.1 Å². The second-order valence-corrected chi connectivity index (χ2v) is 8.40. The molecular weight excluding hydrogens is 403 g/mol. The number of anilines is 3. The maximum absolute atomic E-state index is 14.2. The van der Waals surface area contributed by atoms with Gasteiger partial charge in [-0.05, 0) is 43.0 Å². The minimum Gasteiger partial charge on any atom is -0.337 e. The molecule has 1 aliphatic carbocycles. The van der Waals surface area contributed by atoms with Crippen molar-refractivity contribution in [2.24, 2.45) is 0 Å². The zero-order valence-corrected chi connectivity index (χ0v) is 17.6. The lowest BCUT2D eigenvalue weighted by Gasteiger charge is -2.27. The van der Waals surface area contributed by atoms with Crippen molar-refractivity contribution in [3.8, 4) is 0 Å². The summed E-state index contributed by atoms with van der Waals surface area (Å²) in [4.78, 5) is 11.8. The fraction of sp³-hybridized carbons (Fsp3) is 0.240. The van der Waals surface area contributed by atoms with Crippen LogP contribution in [0, 0.1) is 5.82 Å². The van der Waals surface area contributed by atoms with Gasteiger partial charge in [0.15, 0.2) is 5.82 Å². The molecule has 2 aromatic heterocycles. The summed E-state index contributed by atoms with van der Waals surface area (Å²) < 4.78 is 14.2. The zero-order valence-electron chi connectivity index (χ0n) is 17.6. The van der Waals surface area contributed by atoms with Crippen molar-refractivity contribution in [2.45, 2.75) is 25.2 Å². The fourth-order valence-electron chi connectivity index (χ4n) is 4.24. The average molecular weight is 426 g/mol. The summed E-state index contributed by atoms with van der Waals surface area (Å²) in [6, 6.07) is 17.0. The highest BCUT2D eigenvalue weighted by Crippen LogP contribution is 2.40. The molecule has 0 amide bonds. The summed E-state index contributed by atoms with van der Waals surface area (Å²) >= 11 is 0. The SMILES string of the molecule is Fc1ccccc1C1=CCN(c2nc(Nc3cc(C4CC4)[nH]n3)c3ccccc3n2)CC1. The Bertz CT molecular complexity index is 1320. The lowest BCUT2D eigenvalue weighted by Crippen LogP contribution is -2.30. The lowest BCUT2D eigenvalue weighted by molar-refractivity contribution is 0.622. The van der Waals surface area contributed by atoms with E-state index in [4.69, 9.17) is 9.97 Å². The van der Waals surface area contributed by atoms with E-state index in [9.17, 15) is 4.39 Å². The predicted molar refractivity (Wildman–Crippen MR) is 125 cm³/mol. The minimum absolute atomic E-state index is 0.176. The van der Waals surface area contributed by atoms with E-state index in [1.165, 1.54) is 24.6 Å². The van der Waals surface area contributed by atoms with Crippen LogP contribution in [0.1, 0.15) is 36.4 Å². The Morgan fingerprint density at radius 2 is 1.88 bits per heavy atom. The molecule has 160 valence electrons. The number of H-pyrrole nitrogens is 1. The third-order valence-electron chi connectivity index (χ3n) is 6.16. The van der Waals surface area contributed by atoms with Crippen molar-refractivity contribution >= 4 is 34.1 Å². The fourth-order valence-corrected chi connectivity index (χ4v) is 4.24. The third-order valence-corrected chi connectivity index (χ3v) is 6.16. The first-order valence-corrected chi connectivity index (χ1v) is 11.0. The van der Waals surface area contributed by atoms with Gasteiger partial charge in [0, 0.05) is 41.7 Å². The van der Waals surface area contributed by atoms with Gasteiger partial charge in [-0.2, -0.15) is 10.1 Å². The summed E-state index contributed by atoms with van der Waals surface area (Å²) in [5.74, 6) is 2.60. The van der Waals surface area contributed by atoms with Crippen molar-refractivity contribution in [2.75, 3.05) is 23.3 Å². The number of halogens is 1. The van der Waals surface area contributed by atoms with Crippen molar-refractivity contribution in [1.29, 1.82) is 0 Å². The first-order valence-electron chi connectivity index (χ1n) is 11.0. The third kappa shape index (κ3) is 3.60. The van der Waals surface area contributed by atoms with Gasteiger partial charge in [-0.15, -0.1) is 0 Å². The quantitative estimate of drug-likeness (QED) is 0.447. The molecule has 0 saturated heterocycles. The molecule has 0 radical (unpaired) electrons. The molecule has 7 heteroatoms. The Hall–Kier alpha value is -3.74. The Morgan fingerprint density at radius 1 is 1.03 bits per heavy atom. The highest BCUT2D eigenvalue weighted by molar-refractivity contribution is 5.91. The highest BCUT2D eigenvalue weighted by atomic mass is 19.1. The van der Waals surface area contributed by atoms with Crippen LogP contribution in [-0.2, 0) is 0 Å². The molecule has 2 aliphatic rings. The van der Waals surface area contributed by atoms with Crippen LogP contribution in [0.5, 0.6) is 0 Å². The molecule has 32 heavy (non-hydrogen) atoms. The van der Waals surface area contributed by atoms with Crippen molar-refractivity contribution in [3.63, 3.8) is 0 Å². The van der Waals surface area contributed by atoms with E-state index >= 15 is 0 Å². The number of para-hydroxylation sites is 1. The maximum Gasteiger partial charge on any atom is 0.228 e. The number of fused-ring (bicyclic) bond motifs is 1. The molecule has 0 spiro atoms. The number of hydrogen-bond donors (Lipinski definition) is 2. The number of hydrogen-bond acceptors (Lipinski definition) is 5. The predicted octanol–water partition coefficient (Wildman–Crippen LogP) is 5.41. The molecule has 4 aromatic rings. The van der Waals surface area contributed by atoms with Gasteiger partial charge >= 0.3 is 0 Å². The first kappa shape index (κ1) is 19.0. The number of nitrogens with zero attached hydrogens (tertiary/aromatic N) is 4. The van der Waals surface area contributed by atoms with E-state index in [-0.39, 0.29) is 5.82 Å². The summed E-state index contributed by atoms with van der Waals surface area (Å²) in [6.45, 7) is 1.36. The number of benzene rings is 2. The number of rotatable bonds is 5. The van der Waals surface area contributed by atoms with E-state index in [1.807, 2.05) is 36.4 Å². The monoisotopic (exact) mass is 426 g/mol. The lowest BCUT2D eigenvalue weighted by atomic mass is 9.99. The number of nitrogens with one attached hydrogen (secondary N) is 2. The second kappa shape index (κ2) is 7.75. The largest absolute Gasteiger partial charge is 0.337 e. The molecule has 1 saturated carbocycles. The number of aromatic nitrogens is 4. The van der Waals surface area contributed by atoms with Gasteiger partial charge in [0.25, 0.3) is 0 Å². The smallest absolute Gasteiger partial charge is 0.228 e. The molecule has 0 atom stereocenters. The van der Waals surface area contributed by atoms with Crippen LogP contribution < -0.4 is 10.2 Å². The van der Waals surface area contributed by atoms with Gasteiger partial charge < -0.3 is 10.2 Å². The van der Waals surface area contributed by atoms with Crippen LogP contribution in [-0.4, -0.2) is 33.3 Å². The van der Waals surface area contributed by atoms with Gasteiger partial charge in [0.2, 0.25) is 5.95 Å². The molecule has 0 unspecified atom stereocenters. The molecule has 1 aliphatic heterocycles. The van der Waals surface area contributed by atoms with Crippen LogP contribution in [0.3, 0.4) is 0 Å². The standard InChI is InChI=1S/C25H23FN6/c26-20-7-3-1-5-18(20)16-11-13-32(14-12-16)25-27-21-8-4-2-6-19(21)24(29-25)28-23-15-22(30-31-23)17-9-10-17/h1-8,11,15,17H,9-10,12-14H2,(H2,27,28,29,30,31). The van der Waals surface area contributed by atoms with Gasteiger partial charge in [0.05, 0.1) is 5.52 Å². The first-order chi connectivity index (χ1) is 15.7. The molecule has 0 bridgehead atoms. The Morgan fingerprint density at radius 3 is 2.69 bits per heavy atom. The van der Waals surface area contributed by atoms with Crippen LogP contribution in [0.4, 0.5) is 22.0 Å². The van der Waals surface area contributed by atoms with Crippen molar-refractivity contribution < 1.29 is 4.39 Å². The van der Waals surface area contributed by atoms with Gasteiger partial charge in [-0.1, -0.05) is 36.4 Å². The zero-order chi connectivity index (χ0) is 21.5. The maximum atomic E-state index is 14.2. The molecule has 6 nitrogen and oxygen atoms in total. The highest BCUT2D eigenvalue weighted by Gasteiger charge is 2.26. The molecule has 2 N–H and O–H groups in total. The average Bonchev–Trinajstić information content (AvgIpc) is 3.58. The molecular formula is C25H23FN6. The molecule has 6 rings (SSSR count). The van der Waals surface area contributed by atoms with Gasteiger partial charge in [-0.3, -0.25) is 5.10 Å².